The first kappa shape index (κ1) is 13.0. The van der Waals surface area contributed by atoms with Crippen LogP contribution < -0.4 is 4.74 Å². The number of methoxy groups -OCH3 is 1. The van der Waals surface area contributed by atoms with Gasteiger partial charge in [-0.2, -0.15) is 4.98 Å². The molecule has 0 aliphatic heterocycles. The molecule has 0 saturated carbocycles. The van der Waals surface area contributed by atoms with E-state index in [1.165, 1.54) is 25.6 Å². The standard InChI is InChI=1S/C12H8ClFN4OS/c1-19-11-9-10(15-5-16-11)18(12(20)17-9)6-2-3-7(13)8(14)4-6/h2-5H,1H3,(H,17,20). The van der Waals surface area contributed by atoms with E-state index < -0.39 is 5.82 Å². The van der Waals surface area contributed by atoms with Crippen molar-refractivity contribution in [3.63, 3.8) is 0 Å². The molecule has 0 amide bonds. The molecule has 102 valence electrons. The highest BCUT2D eigenvalue weighted by molar-refractivity contribution is 7.71. The molecule has 2 heterocycles. The number of halogens is 2. The minimum Gasteiger partial charge on any atom is -0.479 e. The number of aromatic amines is 1. The van der Waals surface area contributed by atoms with Gasteiger partial charge < -0.3 is 9.72 Å². The summed E-state index contributed by atoms with van der Waals surface area (Å²) in [6.45, 7) is 0. The molecule has 5 nitrogen and oxygen atoms in total. The van der Waals surface area contributed by atoms with Gasteiger partial charge in [-0.15, -0.1) is 0 Å². The van der Waals surface area contributed by atoms with Crippen molar-refractivity contribution in [1.82, 2.24) is 19.5 Å². The fraction of sp³-hybridized carbons (Fsp3) is 0.0833. The first-order valence-electron chi connectivity index (χ1n) is 5.57. The van der Waals surface area contributed by atoms with E-state index >= 15 is 0 Å². The number of aromatic nitrogens is 4. The molecule has 2 aromatic heterocycles. The van der Waals surface area contributed by atoms with Gasteiger partial charge in [-0.3, -0.25) is 4.57 Å². The summed E-state index contributed by atoms with van der Waals surface area (Å²) in [5.41, 5.74) is 1.57. The summed E-state index contributed by atoms with van der Waals surface area (Å²) < 4.78 is 20.7. The second-order valence-corrected chi connectivity index (χ2v) is 4.74. The van der Waals surface area contributed by atoms with Crippen LogP contribution in [0, 0.1) is 10.6 Å². The molecule has 0 fully saturated rings. The Morgan fingerprint density at radius 3 is 2.90 bits per heavy atom. The van der Waals surface area contributed by atoms with Gasteiger partial charge >= 0.3 is 0 Å². The van der Waals surface area contributed by atoms with Gasteiger partial charge in [0.1, 0.15) is 17.7 Å². The largest absolute Gasteiger partial charge is 0.479 e. The highest BCUT2D eigenvalue weighted by Gasteiger charge is 2.13. The van der Waals surface area contributed by atoms with Crippen molar-refractivity contribution < 1.29 is 9.13 Å². The van der Waals surface area contributed by atoms with E-state index in [1.54, 1.807) is 10.6 Å². The third kappa shape index (κ3) is 1.95. The van der Waals surface area contributed by atoms with E-state index in [2.05, 4.69) is 15.0 Å². The van der Waals surface area contributed by atoms with E-state index in [1.807, 2.05) is 0 Å². The van der Waals surface area contributed by atoms with Gasteiger partial charge in [0.15, 0.2) is 10.4 Å². The van der Waals surface area contributed by atoms with Crippen LogP contribution in [0.4, 0.5) is 4.39 Å². The van der Waals surface area contributed by atoms with Crippen molar-refractivity contribution in [3.8, 4) is 11.6 Å². The van der Waals surface area contributed by atoms with Crippen LogP contribution in [-0.2, 0) is 0 Å². The third-order valence-corrected chi connectivity index (χ3v) is 3.39. The maximum atomic E-state index is 13.6. The second-order valence-electron chi connectivity index (χ2n) is 3.95. The highest BCUT2D eigenvalue weighted by atomic mass is 35.5. The monoisotopic (exact) mass is 310 g/mol. The number of nitrogens with one attached hydrogen (secondary N) is 1. The zero-order valence-electron chi connectivity index (χ0n) is 10.2. The molecule has 3 rings (SSSR count). The number of ether oxygens (including phenoxy) is 1. The number of fused-ring (bicyclic) bond motifs is 1. The quantitative estimate of drug-likeness (QED) is 0.738. The summed E-state index contributed by atoms with van der Waals surface area (Å²) >= 11 is 10.9. The summed E-state index contributed by atoms with van der Waals surface area (Å²) in [5, 5.41) is 0.0484. The van der Waals surface area contributed by atoms with Crippen LogP contribution in [0.5, 0.6) is 5.88 Å². The lowest BCUT2D eigenvalue weighted by Gasteiger charge is -2.05. The summed E-state index contributed by atoms with van der Waals surface area (Å²) in [6.07, 6.45) is 1.35. The number of hydrogen-bond acceptors (Lipinski definition) is 4. The molecule has 0 spiro atoms. The Morgan fingerprint density at radius 1 is 1.40 bits per heavy atom. The smallest absolute Gasteiger partial charge is 0.242 e. The zero-order chi connectivity index (χ0) is 14.3. The average molecular weight is 311 g/mol. The maximum Gasteiger partial charge on any atom is 0.242 e. The predicted molar refractivity (Wildman–Crippen MR) is 75.6 cm³/mol. The Hall–Kier alpha value is -1.99. The molecule has 0 unspecified atom stereocenters. The number of rotatable bonds is 2. The van der Waals surface area contributed by atoms with Gasteiger partial charge in [0, 0.05) is 0 Å². The number of hydrogen-bond donors (Lipinski definition) is 1. The van der Waals surface area contributed by atoms with Gasteiger partial charge in [0.25, 0.3) is 0 Å². The molecular weight excluding hydrogens is 303 g/mol. The van der Waals surface area contributed by atoms with E-state index in [-0.39, 0.29) is 5.02 Å². The summed E-state index contributed by atoms with van der Waals surface area (Å²) in [5.74, 6) is -0.157. The van der Waals surface area contributed by atoms with E-state index in [4.69, 9.17) is 28.6 Å². The summed E-state index contributed by atoms with van der Waals surface area (Å²) in [7, 11) is 1.50. The summed E-state index contributed by atoms with van der Waals surface area (Å²) in [4.78, 5) is 11.1. The fourth-order valence-electron chi connectivity index (χ4n) is 1.92. The molecule has 0 bridgehead atoms. The van der Waals surface area contributed by atoms with Crippen LogP contribution >= 0.6 is 23.8 Å². The van der Waals surface area contributed by atoms with Crippen LogP contribution in [-0.4, -0.2) is 26.6 Å². The van der Waals surface area contributed by atoms with Crippen molar-refractivity contribution in [3.05, 3.63) is 40.1 Å². The average Bonchev–Trinajstić information content (AvgIpc) is 2.78. The van der Waals surface area contributed by atoms with Gasteiger partial charge in [-0.1, -0.05) is 11.6 Å². The summed E-state index contributed by atoms with van der Waals surface area (Å²) in [6, 6.07) is 4.41. The first-order valence-corrected chi connectivity index (χ1v) is 6.35. The number of nitrogens with zero attached hydrogens (tertiary/aromatic N) is 3. The van der Waals surface area contributed by atoms with Gasteiger partial charge in [-0.05, 0) is 30.4 Å². The van der Waals surface area contributed by atoms with E-state index in [0.29, 0.717) is 27.5 Å². The second kappa shape index (κ2) is 4.84. The molecule has 3 aromatic rings. The minimum atomic E-state index is -0.526. The Morgan fingerprint density at radius 2 is 2.20 bits per heavy atom. The van der Waals surface area contributed by atoms with Crippen LogP contribution in [0.1, 0.15) is 0 Å². The molecule has 1 N–H and O–H groups in total. The number of benzene rings is 1. The SMILES string of the molecule is COc1ncnc2c1[nH]c(=S)n2-c1ccc(Cl)c(F)c1. The Bertz CT molecular complexity index is 860. The van der Waals surface area contributed by atoms with Crippen LogP contribution in [0.2, 0.25) is 5.02 Å². The lowest BCUT2D eigenvalue weighted by molar-refractivity contribution is 0.401. The van der Waals surface area contributed by atoms with Gasteiger partial charge in [0.2, 0.25) is 5.88 Å². The molecule has 8 heteroatoms. The van der Waals surface area contributed by atoms with Crippen LogP contribution in [0.3, 0.4) is 0 Å². The lowest BCUT2D eigenvalue weighted by Crippen LogP contribution is -1.97. The molecule has 1 aromatic carbocycles. The molecule has 20 heavy (non-hydrogen) atoms. The Kier molecular flexibility index (Phi) is 3.15. The zero-order valence-corrected chi connectivity index (χ0v) is 11.8. The van der Waals surface area contributed by atoms with Crippen molar-refractivity contribution in [1.29, 1.82) is 0 Å². The maximum absolute atomic E-state index is 13.6. The Labute approximate surface area is 123 Å². The fourth-order valence-corrected chi connectivity index (χ4v) is 2.33. The van der Waals surface area contributed by atoms with Crippen LogP contribution in [0.15, 0.2) is 24.5 Å². The Balaban J connectivity index is 2.33. The van der Waals surface area contributed by atoms with Gasteiger partial charge in [-0.25, -0.2) is 9.37 Å². The number of imidazole rings is 1. The van der Waals surface area contributed by atoms with Crippen molar-refractivity contribution in [2.45, 2.75) is 0 Å². The predicted octanol–water partition coefficient (Wildman–Crippen LogP) is 3.28. The van der Waals surface area contributed by atoms with Crippen molar-refractivity contribution in [2.24, 2.45) is 0 Å². The minimum absolute atomic E-state index is 0.0484. The molecule has 0 aliphatic carbocycles. The first-order chi connectivity index (χ1) is 9.61. The molecule has 0 atom stereocenters. The molecule has 0 radical (unpaired) electrons. The van der Waals surface area contributed by atoms with Crippen molar-refractivity contribution in [2.75, 3.05) is 7.11 Å². The topological polar surface area (TPSA) is 55.7 Å². The van der Waals surface area contributed by atoms with Crippen LogP contribution in [0.25, 0.3) is 16.9 Å². The van der Waals surface area contributed by atoms with Gasteiger partial charge in [0.05, 0.1) is 17.8 Å². The third-order valence-electron chi connectivity index (χ3n) is 2.79. The molecule has 0 saturated heterocycles. The molecule has 0 aliphatic rings. The molecular formula is C12H8ClFN4OS. The highest BCUT2D eigenvalue weighted by Crippen LogP contribution is 2.25. The number of H-pyrrole nitrogens is 1. The van der Waals surface area contributed by atoms with E-state index in [0.717, 1.165) is 0 Å². The normalized spacial score (nSPS) is 10.9. The van der Waals surface area contributed by atoms with Crippen molar-refractivity contribution >= 4 is 35.0 Å². The lowest BCUT2D eigenvalue weighted by atomic mass is 10.3. The van der Waals surface area contributed by atoms with E-state index in [9.17, 15) is 4.39 Å².